The third-order valence-corrected chi connectivity index (χ3v) is 4.82. The van der Waals surface area contributed by atoms with Crippen LogP contribution in [0.1, 0.15) is 31.6 Å². The zero-order valence-corrected chi connectivity index (χ0v) is 15.1. The van der Waals surface area contributed by atoms with Crippen LogP contribution < -0.4 is 5.56 Å². The Morgan fingerprint density at radius 3 is 2.63 bits per heavy atom. The van der Waals surface area contributed by atoms with E-state index in [1.807, 2.05) is 54.3 Å². The quantitative estimate of drug-likeness (QED) is 0.674. The minimum atomic E-state index is -0.288. The SMILES string of the molecule is C[C@@H](c1ccco1)N(C(=O)Cn1nc(-c2ccccc2)ccc1=O)C1CC1. The lowest BCUT2D eigenvalue weighted by atomic mass is 10.1. The summed E-state index contributed by atoms with van der Waals surface area (Å²) in [6, 6.07) is 16.5. The zero-order chi connectivity index (χ0) is 18.8. The normalized spacial score (nSPS) is 14.7. The summed E-state index contributed by atoms with van der Waals surface area (Å²) in [4.78, 5) is 27.1. The Bertz CT molecular complexity index is 975. The van der Waals surface area contributed by atoms with Gasteiger partial charge in [-0.3, -0.25) is 9.59 Å². The third kappa shape index (κ3) is 3.69. The molecule has 4 rings (SSSR count). The second kappa shape index (κ2) is 7.23. The first-order valence-electron chi connectivity index (χ1n) is 9.11. The molecular formula is C21H21N3O3. The molecule has 0 N–H and O–H groups in total. The van der Waals surface area contributed by atoms with Crippen molar-refractivity contribution >= 4 is 5.91 Å². The first-order chi connectivity index (χ1) is 13.1. The van der Waals surface area contributed by atoms with Crippen molar-refractivity contribution in [1.29, 1.82) is 0 Å². The number of rotatable bonds is 6. The number of aromatic nitrogens is 2. The number of hydrogen-bond donors (Lipinski definition) is 0. The number of hydrogen-bond acceptors (Lipinski definition) is 4. The van der Waals surface area contributed by atoms with E-state index >= 15 is 0 Å². The van der Waals surface area contributed by atoms with E-state index in [0.717, 1.165) is 24.2 Å². The van der Waals surface area contributed by atoms with Gasteiger partial charge in [0, 0.05) is 17.7 Å². The predicted octanol–water partition coefficient (Wildman–Crippen LogP) is 3.26. The standard InChI is InChI=1S/C21H21N3O3/c1-15(19-8-5-13-27-19)24(17-9-10-17)21(26)14-23-20(25)12-11-18(22-23)16-6-3-2-4-7-16/h2-8,11-13,15,17H,9-10,14H2,1H3/t15-/m0/s1. The van der Waals surface area contributed by atoms with Gasteiger partial charge in [-0.1, -0.05) is 30.3 Å². The molecule has 1 aliphatic rings. The third-order valence-electron chi connectivity index (χ3n) is 4.82. The van der Waals surface area contributed by atoms with Crippen molar-refractivity contribution in [2.75, 3.05) is 0 Å². The van der Waals surface area contributed by atoms with Gasteiger partial charge in [0.1, 0.15) is 12.3 Å². The molecule has 0 radical (unpaired) electrons. The van der Waals surface area contributed by atoms with Crippen LogP contribution in [0.4, 0.5) is 0 Å². The van der Waals surface area contributed by atoms with Crippen molar-refractivity contribution < 1.29 is 9.21 Å². The van der Waals surface area contributed by atoms with E-state index in [1.54, 1.807) is 12.3 Å². The molecule has 6 nitrogen and oxygen atoms in total. The smallest absolute Gasteiger partial charge is 0.267 e. The highest BCUT2D eigenvalue weighted by atomic mass is 16.3. The van der Waals surface area contributed by atoms with E-state index in [1.165, 1.54) is 10.7 Å². The minimum absolute atomic E-state index is 0.0823. The van der Waals surface area contributed by atoms with Crippen molar-refractivity contribution in [2.45, 2.75) is 38.4 Å². The molecule has 0 unspecified atom stereocenters. The number of amides is 1. The zero-order valence-electron chi connectivity index (χ0n) is 15.1. The molecule has 1 atom stereocenters. The molecule has 0 bridgehead atoms. The topological polar surface area (TPSA) is 68.3 Å². The summed E-state index contributed by atoms with van der Waals surface area (Å²) in [7, 11) is 0. The molecule has 138 valence electrons. The van der Waals surface area contributed by atoms with Gasteiger partial charge in [-0.15, -0.1) is 0 Å². The fourth-order valence-corrected chi connectivity index (χ4v) is 3.29. The number of benzene rings is 1. The van der Waals surface area contributed by atoms with E-state index in [0.29, 0.717) is 5.69 Å². The summed E-state index contributed by atoms with van der Waals surface area (Å²) < 4.78 is 6.72. The second-order valence-electron chi connectivity index (χ2n) is 6.80. The van der Waals surface area contributed by atoms with Gasteiger partial charge < -0.3 is 9.32 Å². The molecule has 0 saturated heterocycles. The van der Waals surface area contributed by atoms with Crippen LogP contribution in [0, 0.1) is 0 Å². The Labute approximate surface area is 157 Å². The van der Waals surface area contributed by atoms with Crippen molar-refractivity contribution in [3.05, 3.63) is 77.0 Å². The van der Waals surface area contributed by atoms with Crippen LogP contribution in [0.5, 0.6) is 0 Å². The van der Waals surface area contributed by atoms with Gasteiger partial charge in [0.25, 0.3) is 5.56 Å². The molecule has 2 heterocycles. The van der Waals surface area contributed by atoms with E-state index < -0.39 is 0 Å². The summed E-state index contributed by atoms with van der Waals surface area (Å²) in [6.45, 7) is 1.87. The molecule has 2 aromatic heterocycles. The molecule has 27 heavy (non-hydrogen) atoms. The first kappa shape index (κ1) is 17.3. The van der Waals surface area contributed by atoms with Crippen LogP contribution in [-0.2, 0) is 11.3 Å². The summed E-state index contributed by atoms with van der Waals surface area (Å²) in [5.74, 6) is 0.620. The van der Waals surface area contributed by atoms with Crippen LogP contribution in [0.3, 0.4) is 0 Å². The first-order valence-corrected chi connectivity index (χ1v) is 9.11. The minimum Gasteiger partial charge on any atom is -0.467 e. The van der Waals surface area contributed by atoms with Crippen molar-refractivity contribution in [1.82, 2.24) is 14.7 Å². The number of furan rings is 1. The van der Waals surface area contributed by atoms with Crippen LogP contribution in [0.15, 0.2) is 70.1 Å². The molecule has 1 fully saturated rings. The molecule has 1 saturated carbocycles. The maximum absolute atomic E-state index is 13.0. The average Bonchev–Trinajstić information content (AvgIpc) is 3.35. The predicted molar refractivity (Wildman–Crippen MR) is 101 cm³/mol. The van der Waals surface area contributed by atoms with E-state index in [9.17, 15) is 9.59 Å². The van der Waals surface area contributed by atoms with Crippen molar-refractivity contribution in [3.8, 4) is 11.3 Å². The monoisotopic (exact) mass is 363 g/mol. The molecule has 0 spiro atoms. The fourth-order valence-electron chi connectivity index (χ4n) is 3.29. The van der Waals surface area contributed by atoms with Crippen molar-refractivity contribution in [2.24, 2.45) is 0 Å². The number of carbonyl (C=O) groups excluding carboxylic acids is 1. The van der Waals surface area contributed by atoms with E-state index in [4.69, 9.17) is 4.42 Å². The highest BCUT2D eigenvalue weighted by molar-refractivity contribution is 5.77. The Hall–Kier alpha value is -3.15. The molecule has 3 aromatic rings. The molecule has 0 aliphatic heterocycles. The lowest BCUT2D eigenvalue weighted by Gasteiger charge is -2.28. The Kier molecular flexibility index (Phi) is 4.62. The van der Waals surface area contributed by atoms with Crippen LogP contribution in [0.25, 0.3) is 11.3 Å². The highest BCUT2D eigenvalue weighted by Gasteiger charge is 2.37. The molecule has 1 amide bonds. The van der Waals surface area contributed by atoms with E-state index in [-0.39, 0.29) is 30.1 Å². The van der Waals surface area contributed by atoms with Gasteiger partial charge in [-0.05, 0) is 38.0 Å². The largest absolute Gasteiger partial charge is 0.467 e. The Morgan fingerprint density at radius 1 is 1.19 bits per heavy atom. The number of carbonyl (C=O) groups is 1. The van der Waals surface area contributed by atoms with Gasteiger partial charge in [0.05, 0.1) is 18.0 Å². The van der Waals surface area contributed by atoms with Gasteiger partial charge in [0.15, 0.2) is 0 Å². The van der Waals surface area contributed by atoms with Crippen LogP contribution in [0.2, 0.25) is 0 Å². The molecular weight excluding hydrogens is 342 g/mol. The summed E-state index contributed by atoms with van der Waals surface area (Å²) in [5, 5.41) is 4.40. The lowest BCUT2D eigenvalue weighted by Crippen LogP contribution is -2.40. The maximum atomic E-state index is 13.0. The Balaban J connectivity index is 1.59. The van der Waals surface area contributed by atoms with Gasteiger partial charge in [-0.25, -0.2) is 4.68 Å². The fraction of sp³-hybridized carbons (Fsp3) is 0.286. The maximum Gasteiger partial charge on any atom is 0.267 e. The average molecular weight is 363 g/mol. The van der Waals surface area contributed by atoms with Gasteiger partial charge >= 0.3 is 0 Å². The molecule has 1 aromatic carbocycles. The van der Waals surface area contributed by atoms with Crippen LogP contribution in [-0.4, -0.2) is 26.6 Å². The van der Waals surface area contributed by atoms with Crippen LogP contribution >= 0.6 is 0 Å². The van der Waals surface area contributed by atoms with Gasteiger partial charge in [-0.2, -0.15) is 5.10 Å². The summed E-state index contributed by atoms with van der Waals surface area (Å²) >= 11 is 0. The lowest BCUT2D eigenvalue weighted by molar-refractivity contribution is -0.135. The molecule has 6 heteroatoms. The summed E-state index contributed by atoms with van der Waals surface area (Å²) in [5.41, 5.74) is 1.28. The summed E-state index contributed by atoms with van der Waals surface area (Å²) in [6.07, 6.45) is 3.56. The highest BCUT2D eigenvalue weighted by Crippen LogP contribution is 2.34. The second-order valence-corrected chi connectivity index (χ2v) is 6.80. The van der Waals surface area contributed by atoms with Crippen molar-refractivity contribution in [3.63, 3.8) is 0 Å². The molecule has 1 aliphatic carbocycles. The van der Waals surface area contributed by atoms with E-state index in [2.05, 4.69) is 5.10 Å². The number of nitrogens with zero attached hydrogens (tertiary/aromatic N) is 3. The van der Waals surface area contributed by atoms with Gasteiger partial charge in [0.2, 0.25) is 5.91 Å². The Morgan fingerprint density at radius 2 is 1.96 bits per heavy atom.